The Morgan fingerprint density at radius 3 is 2.45 bits per heavy atom. The molecule has 0 aliphatic rings. The summed E-state index contributed by atoms with van der Waals surface area (Å²) in [5.74, 6) is 0. The Kier molecular flexibility index (Phi) is 5.78. The highest BCUT2D eigenvalue weighted by atomic mass is 16.5. The lowest BCUT2D eigenvalue weighted by Crippen LogP contribution is -2.34. The molecule has 1 N–H and O–H groups in total. The van der Waals surface area contributed by atoms with Crippen molar-refractivity contribution in [3.63, 3.8) is 0 Å². The molecule has 0 radical (unpaired) electrons. The summed E-state index contributed by atoms with van der Waals surface area (Å²) in [4.78, 5) is 11.5. The van der Waals surface area contributed by atoms with Crippen molar-refractivity contribution in [1.82, 2.24) is 5.32 Å². The zero-order valence-electron chi connectivity index (χ0n) is 13.0. The second kappa shape index (κ2) is 8.03. The SMILES string of the molecule is COC(=O)N[C@H](/C=C/c1ccc(C)cc1)Cc1ccccc1. The third-order valence-corrected chi connectivity index (χ3v) is 3.39. The van der Waals surface area contributed by atoms with Crippen molar-refractivity contribution in [3.8, 4) is 0 Å². The molecule has 0 bridgehead atoms. The lowest BCUT2D eigenvalue weighted by Gasteiger charge is -2.14. The molecule has 2 aromatic carbocycles. The largest absolute Gasteiger partial charge is 0.453 e. The maximum Gasteiger partial charge on any atom is 0.407 e. The Morgan fingerprint density at radius 2 is 1.82 bits per heavy atom. The number of carbonyl (C=O) groups is 1. The van der Waals surface area contributed by atoms with Gasteiger partial charge in [-0.3, -0.25) is 0 Å². The van der Waals surface area contributed by atoms with Crippen molar-refractivity contribution < 1.29 is 9.53 Å². The van der Waals surface area contributed by atoms with Gasteiger partial charge in [-0.1, -0.05) is 72.3 Å². The van der Waals surface area contributed by atoms with Crippen LogP contribution >= 0.6 is 0 Å². The van der Waals surface area contributed by atoms with Crippen LogP contribution in [0.2, 0.25) is 0 Å². The van der Waals surface area contributed by atoms with Crippen LogP contribution in [0.1, 0.15) is 16.7 Å². The molecule has 1 atom stereocenters. The molecule has 0 aromatic heterocycles. The molecule has 0 fully saturated rings. The highest BCUT2D eigenvalue weighted by Gasteiger charge is 2.10. The van der Waals surface area contributed by atoms with Gasteiger partial charge in [0.05, 0.1) is 13.2 Å². The number of nitrogens with one attached hydrogen (secondary N) is 1. The van der Waals surface area contributed by atoms with Crippen LogP contribution in [0.15, 0.2) is 60.7 Å². The van der Waals surface area contributed by atoms with E-state index in [0.29, 0.717) is 0 Å². The van der Waals surface area contributed by atoms with Gasteiger partial charge in [0.2, 0.25) is 0 Å². The molecule has 0 aliphatic heterocycles. The standard InChI is InChI=1S/C19H21NO2/c1-15-8-10-16(11-9-15)12-13-18(20-19(21)22-2)14-17-6-4-3-5-7-17/h3-13,18H,14H2,1-2H3,(H,20,21)/b13-12+/t18-/m1/s1. The molecule has 0 saturated heterocycles. The molecule has 114 valence electrons. The van der Waals surface area contributed by atoms with Crippen LogP contribution in [0.5, 0.6) is 0 Å². The van der Waals surface area contributed by atoms with Gasteiger partial charge in [0.15, 0.2) is 0 Å². The number of amides is 1. The molecule has 0 unspecified atom stereocenters. The first-order valence-corrected chi connectivity index (χ1v) is 7.30. The molecule has 2 rings (SSSR count). The van der Waals surface area contributed by atoms with Gasteiger partial charge >= 0.3 is 6.09 Å². The normalized spacial score (nSPS) is 12.1. The zero-order valence-corrected chi connectivity index (χ0v) is 13.0. The van der Waals surface area contributed by atoms with Gasteiger partial charge in [0.25, 0.3) is 0 Å². The number of methoxy groups -OCH3 is 1. The van der Waals surface area contributed by atoms with Crippen LogP contribution in [0.4, 0.5) is 4.79 Å². The molecule has 1 amide bonds. The first kappa shape index (κ1) is 15.8. The van der Waals surface area contributed by atoms with E-state index < -0.39 is 6.09 Å². The Bertz CT molecular complexity index is 618. The van der Waals surface area contributed by atoms with E-state index in [9.17, 15) is 4.79 Å². The maximum atomic E-state index is 11.5. The maximum absolute atomic E-state index is 11.5. The highest BCUT2D eigenvalue weighted by Crippen LogP contribution is 2.09. The number of carbonyl (C=O) groups excluding carboxylic acids is 1. The lowest BCUT2D eigenvalue weighted by molar-refractivity contribution is 0.168. The summed E-state index contributed by atoms with van der Waals surface area (Å²) in [6.45, 7) is 2.06. The van der Waals surface area contributed by atoms with Crippen LogP contribution in [0.3, 0.4) is 0 Å². The van der Waals surface area contributed by atoms with Crippen LogP contribution in [0, 0.1) is 6.92 Å². The molecule has 3 nitrogen and oxygen atoms in total. The molecular formula is C19H21NO2. The van der Waals surface area contributed by atoms with Gasteiger partial charge in [0.1, 0.15) is 0 Å². The first-order chi connectivity index (χ1) is 10.7. The first-order valence-electron chi connectivity index (χ1n) is 7.30. The van der Waals surface area contributed by atoms with Crippen LogP contribution in [-0.2, 0) is 11.2 Å². The number of aryl methyl sites for hydroxylation is 1. The fourth-order valence-corrected chi connectivity index (χ4v) is 2.15. The summed E-state index contributed by atoms with van der Waals surface area (Å²) in [5.41, 5.74) is 3.50. The minimum absolute atomic E-state index is 0.115. The summed E-state index contributed by atoms with van der Waals surface area (Å²) in [6.07, 6.45) is 4.31. The molecule has 0 spiro atoms. The lowest BCUT2D eigenvalue weighted by atomic mass is 10.0. The fourth-order valence-electron chi connectivity index (χ4n) is 2.15. The summed E-state index contributed by atoms with van der Waals surface area (Å²) in [6, 6.07) is 18.2. The molecular weight excluding hydrogens is 274 g/mol. The second-order valence-electron chi connectivity index (χ2n) is 5.20. The van der Waals surface area contributed by atoms with E-state index in [0.717, 1.165) is 17.5 Å². The average molecular weight is 295 g/mol. The van der Waals surface area contributed by atoms with E-state index in [1.54, 1.807) is 0 Å². The minimum atomic E-state index is -0.422. The van der Waals surface area contributed by atoms with Crippen molar-refractivity contribution >= 4 is 12.2 Å². The van der Waals surface area contributed by atoms with E-state index in [-0.39, 0.29) is 6.04 Å². The number of alkyl carbamates (subject to hydrolysis) is 1. The minimum Gasteiger partial charge on any atom is -0.453 e. The van der Waals surface area contributed by atoms with E-state index in [2.05, 4.69) is 36.5 Å². The predicted octanol–water partition coefficient (Wildman–Crippen LogP) is 3.98. The van der Waals surface area contributed by atoms with Crippen molar-refractivity contribution in [3.05, 3.63) is 77.4 Å². The van der Waals surface area contributed by atoms with E-state index in [1.807, 2.05) is 42.5 Å². The summed E-state index contributed by atoms with van der Waals surface area (Å²) >= 11 is 0. The average Bonchev–Trinajstić information content (AvgIpc) is 2.55. The quantitative estimate of drug-likeness (QED) is 0.906. The molecule has 2 aromatic rings. The highest BCUT2D eigenvalue weighted by molar-refractivity contribution is 5.68. The Morgan fingerprint density at radius 1 is 1.14 bits per heavy atom. The Labute approximate surface area is 131 Å². The number of hydrogen-bond acceptors (Lipinski definition) is 2. The van der Waals surface area contributed by atoms with Crippen LogP contribution in [0.25, 0.3) is 6.08 Å². The van der Waals surface area contributed by atoms with Gasteiger partial charge in [-0.05, 0) is 24.5 Å². The van der Waals surface area contributed by atoms with E-state index >= 15 is 0 Å². The van der Waals surface area contributed by atoms with Gasteiger partial charge in [-0.15, -0.1) is 0 Å². The molecule has 0 heterocycles. The van der Waals surface area contributed by atoms with Crippen LogP contribution < -0.4 is 5.32 Å². The molecule has 22 heavy (non-hydrogen) atoms. The van der Waals surface area contributed by atoms with Gasteiger partial charge < -0.3 is 10.1 Å². The number of benzene rings is 2. The van der Waals surface area contributed by atoms with Crippen LogP contribution in [-0.4, -0.2) is 19.2 Å². The summed E-state index contributed by atoms with van der Waals surface area (Å²) in [7, 11) is 1.37. The molecule has 0 saturated carbocycles. The molecule has 0 aliphatic carbocycles. The fraction of sp³-hybridized carbons (Fsp3) is 0.211. The van der Waals surface area contributed by atoms with Crippen molar-refractivity contribution in [2.45, 2.75) is 19.4 Å². The van der Waals surface area contributed by atoms with Gasteiger partial charge in [0, 0.05) is 0 Å². The third-order valence-electron chi connectivity index (χ3n) is 3.39. The third kappa shape index (κ3) is 5.09. The smallest absolute Gasteiger partial charge is 0.407 e. The number of ether oxygens (including phenoxy) is 1. The summed E-state index contributed by atoms with van der Waals surface area (Å²) < 4.78 is 4.70. The second-order valence-corrected chi connectivity index (χ2v) is 5.20. The summed E-state index contributed by atoms with van der Waals surface area (Å²) in [5, 5.41) is 2.85. The zero-order chi connectivity index (χ0) is 15.8. The monoisotopic (exact) mass is 295 g/mol. The Balaban J connectivity index is 2.09. The molecule has 3 heteroatoms. The van der Waals surface area contributed by atoms with E-state index in [4.69, 9.17) is 4.74 Å². The van der Waals surface area contributed by atoms with Gasteiger partial charge in [-0.25, -0.2) is 4.79 Å². The van der Waals surface area contributed by atoms with E-state index in [1.165, 1.54) is 12.7 Å². The number of rotatable bonds is 5. The van der Waals surface area contributed by atoms with Gasteiger partial charge in [-0.2, -0.15) is 0 Å². The number of hydrogen-bond donors (Lipinski definition) is 1. The Hall–Kier alpha value is -2.55. The topological polar surface area (TPSA) is 38.3 Å². The van der Waals surface area contributed by atoms with Crippen molar-refractivity contribution in [1.29, 1.82) is 0 Å². The predicted molar refractivity (Wildman–Crippen MR) is 89.7 cm³/mol. The van der Waals surface area contributed by atoms with Crippen molar-refractivity contribution in [2.24, 2.45) is 0 Å². The van der Waals surface area contributed by atoms with Crippen molar-refractivity contribution in [2.75, 3.05) is 7.11 Å².